The summed E-state index contributed by atoms with van der Waals surface area (Å²) >= 11 is 0. The van der Waals surface area contributed by atoms with Crippen molar-refractivity contribution in [2.24, 2.45) is 0 Å². The van der Waals surface area contributed by atoms with Crippen LogP contribution in [0.1, 0.15) is 22.3 Å². The first-order valence-corrected chi connectivity index (χ1v) is 9.13. The number of phenolic OH excluding ortho intramolecular Hbond substituents is 1. The number of amides is 1. The molecule has 1 amide bonds. The molecule has 0 heterocycles. The van der Waals surface area contributed by atoms with Crippen LogP contribution in [0.4, 0.5) is 5.69 Å². The second-order valence-electron chi connectivity index (χ2n) is 6.55. The Balaban J connectivity index is 1.74. The van der Waals surface area contributed by atoms with Crippen LogP contribution in [-0.2, 0) is 9.53 Å². The number of fused-ring (bicyclic) bond motifs is 1. The van der Waals surface area contributed by atoms with Crippen LogP contribution in [0.25, 0.3) is 10.8 Å². The number of aromatic hydroxyl groups is 1. The van der Waals surface area contributed by atoms with Gasteiger partial charge in [-0.05, 0) is 30.5 Å². The predicted molar refractivity (Wildman–Crippen MR) is 110 cm³/mol. The number of carbonyl (C=O) groups excluding carboxylic acids is 2. The fourth-order valence-corrected chi connectivity index (χ4v) is 2.99. The van der Waals surface area contributed by atoms with Crippen molar-refractivity contribution in [1.82, 2.24) is 0 Å². The SMILES string of the molecule is Cc1ccc(N(CCC#N)C(=O)COC(=O)c2ccc3ccccc3c2O)cc1. The normalized spacial score (nSPS) is 10.3. The Bertz CT molecular complexity index is 1080. The van der Waals surface area contributed by atoms with Crippen LogP contribution >= 0.6 is 0 Å². The number of ether oxygens (including phenoxy) is 1. The Morgan fingerprint density at radius 1 is 1.07 bits per heavy atom. The van der Waals surface area contributed by atoms with E-state index in [9.17, 15) is 14.7 Å². The van der Waals surface area contributed by atoms with Crippen molar-refractivity contribution in [2.75, 3.05) is 18.1 Å². The Kier molecular flexibility index (Phi) is 6.10. The van der Waals surface area contributed by atoms with Crippen molar-refractivity contribution in [3.05, 3.63) is 71.8 Å². The molecule has 3 aromatic carbocycles. The molecule has 0 radical (unpaired) electrons. The number of carbonyl (C=O) groups is 2. The van der Waals surface area contributed by atoms with Crippen molar-refractivity contribution in [1.29, 1.82) is 5.26 Å². The molecule has 0 aliphatic rings. The van der Waals surface area contributed by atoms with Crippen LogP contribution < -0.4 is 4.90 Å². The van der Waals surface area contributed by atoms with Crippen LogP contribution in [0.5, 0.6) is 5.75 Å². The highest BCUT2D eigenvalue weighted by Crippen LogP contribution is 2.29. The number of nitrogens with zero attached hydrogens (tertiary/aromatic N) is 2. The lowest BCUT2D eigenvalue weighted by Gasteiger charge is -2.22. The lowest BCUT2D eigenvalue weighted by Crippen LogP contribution is -2.35. The minimum atomic E-state index is -0.786. The highest BCUT2D eigenvalue weighted by Gasteiger charge is 2.20. The van der Waals surface area contributed by atoms with Crippen LogP contribution in [-0.4, -0.2) is 30.1 Å². The first-order valence-electron chi connectivity index (χ1n) is 9.13. The average Bonchev–Trinajstić information content (AvgIpc) is 2.74. The number of nitriles is 1. The van der Waals surface area contributed by atoms with Gasteiger partial charge in [0.25, 0.3) is 5.91 Å². The molecule has 0 fully saturated rings. The molecule has 3 rings (SSSR count). The second kappa shape index (κ2) is 8.89. The van der Waals surface area contributed by atoms with Crippen LogP contribution in [0.2, 0.25) is 0 Å². The van der Waals surface area contributed by atoms with Gasteiger partial charge >= 0.3 is 5.97 Å². The topological polar surface area (TPSA) is 90.6 Å². The van der Waals surface area contributed by atoms with Gasteiger partial charge in [-0.15, -0.1) is 0 Å². The number of rotatable bonds is 6. The molecule has 0 unspecified atom stereocenters. The van der Waals surface area contributed by atoms with Gasteiger partial charge in [-0.2, -0.15) is 5.26 Å². The molecule has 3 aromatic rings. The molecule has 0 atom stereocenters. The van der Waals surface area contributed by atoms with Gasteiger partial charge in [-0.3, -0.25) is 4.79 Å². The summed E-state index contributed by atoms with van der Waals surface area (Å²) in [5.74, 6) is -1.41. The van der Waals surface area contributed by atoms with Crippen LogP contribution in [0.3, 0.4) is 0 Å². The number of benzene rings is 3. The molecule has 29 heavy (non-hydrogen) atoms. The molecule has 0 saturated carbocycles. The minimum absolute atomic E-state index is 0.00425. The summed E-state index contributed by atoms with van der Waals surface area (Å²) in [6.07, 6.45) is 0.152. The number of phenols is 1. The monoisotopic (exact) mass is 388 g/mol. The van der Waals surface area contributed by atoms with Gasteiger partial charge in [0.05, 0.1) is 12.5 Å². The number of hydrogen-bond acceptors (Lipinski definition) is 5. The zero-order chi connectivity index (χ0) is 20.8. The van der Waals surface area contributed by atoms with E-state index in [2.05, 4.69) is 0 Å². The summed E-state index contributed by atoms with van der Waals surface area (Å²) in [4.78, 5) is 26.5. The van der Waals surface area contributed by atoms with E-state index in [-0.39, 0.29) is 24.3 Å². The van der Waals surface area contributed by atoms with Crippen molar-refractivity contribution in [3.8, 4) is 11.8 Å². The van der Waals surface area contributed by atoms with E-state index >= 15 is 0 Å². The Morgan fingerprint density at radius 3 is 2.52 bits per heavy atom. The highest BCUT2D eigenvalue weighted by atomic mass is 16.5. The van der Waals surface area contributed by atoms with E-state index in [1.807, 2.05) is 37.3 Å². The van der Waals surface area contributed by atoms with Gasteiger partial charge in [-0.1, -0.05) is 48.0 Å². The Labute approximate surface area is 168 Å². The number of aryl methyl sites for hydroxylation is 1. The zero-order valence-corrected chi connectivity index (χ0v) is 16.0. The lowest BCUT2D eigenvalue weighted by molar-refractivity contribution is -0.121. The largest absolute Gasteiger partial charge is 0.506 e. The molecule has 0 aromatic heterocycles. The summed E-state index contributed by atoms with van der Waals surface area (Å²) in [7, 11) is 0. The highest BCUT2D eigenvalue weighted by molar-refractivity contribution is 6.02. The standard InChI is InChI=1S/C23H20N2O4/c1-16-7-10-18(11-8-16)25(14-4-13-24)21(26)15-29-23(28)20-12-9-17-5-2-3-6-19(17)22(20)27/h2-3,5-12,27H,4,14-15H2,1H3. The third kappa shape index (κ3) is 4.53. The third-order valence-electron chi connectivity index (χ3n) is 4.54. The maximum atomic E-state index is 12.6. The fourth-order valence-electron chi connectivity index (χ4n) is 2.99. The van der Waals surface area contributed by atoms with E-state index in [0.717, 1.165) is 10.9 Å². The van der Waals surface area contributed by atoms with E-state index in [4.69, 9.17) is 10.00 Å². The summed E-state index contributed by atoms with van der Waals surface area (Å²) < 4.78 is 5.15. The zero-order valence-electron chi connectivity index (χ0n) is 16.0. The van der Waals surface area contributed by atoms with Crippen molar-refractivity contribution in [3.63, 3.8) is 0 Å². The van der Waals surface area contributed by atoms with Crippen molar-refractivity contribution < 1.29 is 19.4 Å². The van der Waals surface area contributed by atoms with Gasteiger partial charge < -0.3 is 14.7 Å². The van der Waals surface area contributed by atoms with Crippen LogP contribution in [0, 0.1) is 18.3 Å². The van der Waals surface area contributed by atoms with Crippen molar-refractivity contribution >= 4 is 28.3 Å². The van der Waals surface area contributed by atoms with Crippen LogP contribution in [0.15, 0.2) is 60.7 Å². The first-order chi connectivity index (χ1) is 14.0. The maximum absolute atomic E-state index is 12.6. The average molecular weight is 388 g/mol. The van der Waals surface area contributed by atoms with Gasteiger partial charge in [0.2, 0.25) is 0 Å². The molecule has 0 aliphatic heterocycles. The van der Waals surface area contributed by atoms with Gasteiger partial charge in [-0.25, -0.2) is 4.79 Å². The van der Waals surface area contributed by atoms with E-state index in [1.165, 1.54) is 11.0 Å². The molecule has 0 spiro atoms. The Hall–Kier alpha value is -3.85. The summed E-state index contributed by atoms with van der Waals surface area (Å²) in [6.45, 7) is 1.63. The molecule has 1 N–H and O–H groups in total. The van der Waals surface area contributed by atoms with E-state index in [0.29, 0.717) is 11.1 Å². The molecule has 0 aliphatic carbocycles. The lowest BCUT2D eigenvalue weighted by atomic mass is 10.1. The number of hydrogen-bond donors (Lipinski definition) is 1. The summed E-state index contributed by atoms with van der Waals surface area (Å²) in [5, 5.41) is 20.6. The van der Waals surface area contributed by atoms with E-state index in [1.54, 1.807) is 30.3 Å². The second-order valence-corrected chi connectivity index (χ2v) is 6.55. The predicted octanol–water partition coefficient (Wildman–Crippen LogP) is 3.96. The minimum Gasteiger partial charge on any atom is -0.506 e. The number of anilines is 1. The fraction of sp³-hybridized carbons (Fsp3) is 0.174. The molecule has 0 bridgehead atoms. The first kappa shape index (κ1) is 19.9. The van der Waals surface area contributed by atoms with Gasteiger partial charge in [0.15, 0.2) is 6.61 Å². The summed E-state index contributed by atoms with van der Waals surface area (Å²) in [6, 6.07) is 19.6. The van der Waals surface area contributed by atoms with Gasteiger partial charge in [0, 0.05) is 17.6 Å². The summed E-state index contributed by atoms with van der Waals surface area (Å²) in [5.41, 5.74) is 1.66. The number of esters is 1. The van der Waals surface area contributed by atoms with Crippen molar-refractivity contribution in [2.45, 2.75) is 13.3 Å². The molecule has 6 heteroatoms. The molecular weight excluding hydrogens is 368 g/mol. The van der Waals surface area contributed by atoms with Gasteiger partial charge in [0.1, 0.15) is 11.3 Å². The van der Waals surface area contributed by atoms with E-state index < -0.39 is 18.5 Å². The molecule has 6 nitrogen and oxygen atoms in total. The molecule has 146 valence electrons. The Morgan fingerprint density at radius 2 is 1.79 bits per heavy atom. The smallest absolute Gasteiger partial charge is 0.342 e. The molecule has 0 saturated heterocycles. The third-order valence-corrected chi connectivity index (χ3v) is 4.54. The molecular formula is C23H20N2O4. The quantitative estimate of drug-likeness (QED) is 0.646. The maximum Gasteiger partial charge on any atom is 0.342 e.